The molecule has 1 saturated heterocycles. The highest BCUT2D eigenvalue weighted by Crippen LogP contribution is 2.20. The maximum atomic E-state index is 13.4. The molecule has 2 amide bonds. The van der Waals surface area contributed by atoms with E-state index >= 15 is 0 Å². The molecule has 0 aliphatic carbocycles. The second-order valence-electron chi connectivity index (χ2n) is 9.71. The second-order valence-corrected chi connectivity index (χ2v) is 12.4. The Morgan fingerprint density at radius 2 is 1.76 bits per heavy atom. The fourth-order valence-corrected chi connectivity index (χ4v) is 5.50. The third-order valence-corrected chi connectivity index (χ3v) is 8.28. The molecule has 0 radical (unpaired) electrons. The van der Waals surface area contributed by atoms with Crippen LogP contribution in [0.5, 0.6) is 0 Å². The predicted molar refractivity (Wildman–Crippen MR) is 157 cm³/mol. The average molecular weight is 632 g/mol. The standard InChI is InChI=1S/C27H41N3O10S2/c31-24(19-40-16-15-39-17-18-41-42(37)38)28-13-5-4-9-21(25(32)30-14-6-10-23(30)27(35)36)29-22(26(33)34)12-11-20-7-2-1-3-8-20/h1-3,7-8,21-23,29H,4-6,9-19H2,(H,28,31)(H,33,34)(H,35,36)(H,37,38)/t21-,22-,23-/m0/s1. The van der Waals surface area contributed by atoms with Crippen molar-refractivity contribution < 1.29 is 47.6 Å². The van der Waals surface area contributed by atoms with E-state index in [0.717, 1.165) is 16.4 Å². The predicted octanol–water partition coefficient (Wildman–Crippen LogP) is 1.30. The molecule has 0 saturated carbocycles. The lowest BCUT2D eigenvalue weighted by atomic mass is 10.0. The molecule has 15 heteroatoms. The van der Waals surface area contributed by atoms with Gasteiger partial charge in [-0.15, -0.1) is 0 Å². The molecular formula is C27H41N3O10S2. The summed E-state index contributed by atoms with van der Waals surface area (Å²) in [6, 6.07) is 6.63. The molecule has 1 aromatic rings. The molecule has 5 N–H and O–H groups in total. The minimum Gasteiger partial charge on any atom is -0.480 e. The van der Waals surface area contributed by atoms with Gasteiger partial charge < -0.3 is 29.9 Å². The normalized spacial score (nSPS) is 17.0. The highest BCUT2D eigenvalue weighted by atomic mass is 33.1. The zero-order chi connectivity index (χ0) is 30.7. The van der Waals surface area contributed by atoms with E-state index in [4.69, 9.17) is 14.0 Å². The number of unbranched alkanes of at least 4 members (excludes halogenated alkanes) is 1. The largest absolute Gasteiger partial charge is 0.480 e. The van der Waals surface area contributed by atoms with Crippen LogP contribution in [0.4, 0.5) is 0 Å². The molecule has 1 aliphatic heterocycles. The number of hydrogen-bond acceptors (Lipinski definition) is 9. The minimum absolute atomic E-state index is 0.158. The first kappa shape index (κ1) is 35.6. The Balaban J connectivity index is 1.81. The molecule has 2 rings (SSSR count). The number of rotatable bonds is 22. The van der Waals surface area contributed by atoms with Crippen LogP contribution in [-0.2, 0) is 45.2 Å². The van der Waals surface area contributed by atoms with Gasteiger partial charge in [-0.1, -0.05) is 30.3 Å². The Morgan fingerprint density at radius 1 is 1.02 bits per heavy atom. The Labute approximate surface area is 251 Å². The number of carbonyl (C=O) groups is 4. The second kappa shape index (κ2) is 20.4. The van der Waals surface area contributed by atoms with E-state index in [1.54, 1.807) is 0 Å². The van der Waals surface area contributed by atoms with Crippen LogP contribution >= 0.6 is 10.8 Å². The van der Waals surface area contributed by atoms with Crippen molar-refractivity contribution in [1.82, 2.24) is 15.5 Å². The summed E-state index contributed by atoms with van der Waals surface area (Å²) in [7, 11) is -1.07. The quantitative estimate of drug-likeness (QED) is 0.0701. The third kappa shape index (κ3) is 14.1. The van der Waals surface area contributed by atoms with Crippen LogP contribution in [0.3, 0.4) is 0 Å². The molecule has 1 heterocycles. The number of likely N-dealkylation sites (tertiary alicyclic amines) is 1. The molecule has 0 bridgehead atoms. The van der Waals surface area contributed by atoms with Gasteiger partial charge >= 0.3 is 11.9 Å². The number of nitrogens with one attached hydrogen (secondary N) is 2. The Kier molecular flexibility index (Phi) is 17.3. The summed E-state index contributed by atoms with van der Waals surface area (Å²) in [5.74, 6) is -2.53. The van der Waals surface area contributed by atoms with Crippen molar-refractivity contribution in [3.8, 4) is 0 Å². The fraction of sp³-hybridized carbons (Fsp3) is 0.630. The van der Waals surface area contributed by atoms with Crippen LogP contribution in [0.15, 0.2) is 30.3 Å². The van der Waals surface area contributed by atoms with E-state index < -0.39 is 46.1 Å². The third-order valence-electron chi connectivity index (χ3n) is 6.64. The Hall–Kier alpha value is -2.56. The molecule has 1 unspecified atom stereocenters. The molecule has 13 nitrogen and oxygen atoms in total. The van der Waals surface area contributed by atoms with Gasteiger partial charge in [-0.25, -0.2) is 9.00 Å². The first-order valence-corrected chi connectivity index (χ1v) is 16.5. The van der Waals surface area contributed by atoms with Crippen molar-refractivity contribution >= 4 is 44.7 Å². The Morgan fingerprint density at radius 3 is 2.45 bits per heavy atom. The van der Waals surface area contributed by atoms with Crippen molar-refractivity contribution in [2.75, 3.05) is 45.3 Å². The van der Waals surface area contributed by atoms with Gasteiger partial charge in [0.1, 0.15) is 18.7 Å². The first-order valence-electron chi connectivity index (χ1n) is 13.9. The minimum atomic E-state index is -1.92. The molecular weight excluding hydrogens is 590 g/mol. The summed E-state index contributed by atoms with van der Waals surface area (Å²) in [5.41, 5.74) is 0.974. The molecule has 0 spiro atoms. The molecule has 236 valence electrons. The molecule has 1 fully saturated rings. The number of amides is 2. The zero-order valence-corrected chi connectivity index (χ0v) is 25.1. The zero-order valence-electron chi connectivity index (χ0n) is 23.5. The summed E-state index contributed by atoms with van der Waals surface area (Å²) in [4.78, 5) is 50.5. The van der Waals surface area contributed by atoms with E-state index in [1.165, 1.54) is 4.90 Å². The number of carbonyl (C=O) groups excluding carboxylic acids is 2. The van der Waals surface area contributed by atoms with E-state index in [1.807, 2.05) is 30.3 Å². The lowest BCUT2D eigenvalue weighted by molar-refractivity contribution is -0.149. The van der Waals surface area contributed by atoms with Gasteiger partial charge in [-0.3, -0.25) is 24.3 Å². The smallest absolute Gasteiger partial charge is 0.326 e. The summed E-state index contributed by atoms with van der Waals surface area (Å²) in [5, 5.41) is 25.1. The van der Waals surface area contributed by atoms with E-state index in [2.05, 4.69) is 10.6 Å². The van der Waals surface area contributed by atoms with Crippen molar-refractivity contribution in [3.63, 3.8) is 0 Å². The van der Waals surface area contributed by atoms with Gasteiger partial charge in [0, 0.05) is 18.8 Å². The van der Waals surface area contributed by atoms with Gasteiger partial charge in [0.2, 0.25) is 21.9 Å². The van der Waals surface area contributed by atoms with Crippen LogP contribution in [0.1, 0.15) is 44.1 Å². The first-order chi connectivity index (χ1) is 20.2. The topological polar surface area (TPSA) is 192 Å². The summed E-state index contributed by atoms with van der Waals surface area (Å²) < 4.78 is 29.6. The van der Waals surface area contributed by atoms with Gasteiger partial charge in [0.25, 0.3) is 0 Å². The number of carboxylic acids is 2. The van der Waals surface area contributed by atoms with E-state index in [-0.39, 0.29) is 38.6 Å². The molecule has 0 aromatic heterocycles. The number of aryl methyl sites for hydroxylation is 1. The van der Waals surface area contributed by atoms with Crippen LogP contribution in [-0.4, -0.2) is 111 Å². The van der Waals surface area contributed by atoms with Crippen molar-refractivity contribution in [1.29, 1.82) is 0 Å². The van der Waals surface area contributed by atoms with Crippen LogP contribution in [0.25, 0.3) is 0 Å². The summed E-state index contributed by atoms with van der Waals surface area (Å²) >= 11 is 0. The maximum absolute atomic E-state index is 13.4. The van der Waals surface area contributed by atoms with Crippen LogP contribution in [0.2, 0.25) is 0 Å². The van der Waals surface area contributed by atoms with Gasteiger partial charge in [-0.2, -0.15) is 0 Å². The van der Waals surface area contributed by atoms with Crippen LogP contribution in [0, 0.1) is 0 Å². The van der Waals surface area contributed by atoms with Crippen molar-refractivity contribution in [2.45, 2.75) is 63.1 Å². The number of benzene rings is 1. The van der Waals surface area contributed by atoms with E-state index in [9.17, 15) is 33.6 Å². The fourth-order valence-electron chi connectivity index (χ4n) is 4.54. The van der Waals surface area contributed by atoms with Gasteiger partial charge in [0.15, 0.2) is 0 Å². The lowest BCUT2D eigenvalue weighted by Gasteiger charge is -2.29. The number of aliphatic carboxylic acids is 2. The number of carboxylic acid groups (broad SMARTS) is 2. The lowest BCUT2D eigenvalue weighted by Crippen LogP contribution is -2.54. The van der Waals surface area contributed by atoms with Crippen molar-refractivity contribution in [3.05, 3.63) is 35.9 Å². The molecule has 42 heavy (non-hydrogen) atoms. The summed E-state index contributed by atoms with van der Waals surface area (Å²) in [6.45, 7) is 1.20. The van der Waals surface area contributed by atoms with E-state index in [0.29, 0.717) is 57.6 Å². The average Bonchev–Trinajstić information content (AvgIpc) is 3.46. The number of nitrogens with zero attached hydrogens (tertiary/aromatic N) is 1. The number of ether oxygens (including phenoxy) is 2. The highest BCUT2D eigenvalue weighted by Gasteiger charge is 2.38. The van der Waals surface area contributed by atoms with Gasteiger partial charge in [0.05, 0.1) is 25.9 Å². The molecule has 1 aliphatic rings. The Bertz CT molecular complexity index is 1020. The SMILES string of the molecule is O=C(COCCOCCSS(=O)O)NCCCC[C@H](N[C@@H](CCc1ccccc1)C(=O)O)C(=O)N1CCC[C@H]1C(=O)O. The monoisotopic (exact) mass is 631 g/mol. The van der Waals surface area contributed by atoms with Gasteiger partial charge in [-0.05, 0) is 61.3 Å². The highest BCUT2D eigenvalue weighted by molar-refractivity contribution is 8.67. The summed E-state index contributed by atoms with van der Waals surface area (Å²) in [6.07, 6.45) is 2.97. The van der Waals surface area contributed by atoms with Crippen molar-refractivity contribution in [2.24, 2.45) is 0 Å². The maximum Gasteiger partial charge on any atom is 0.326 e. The van der Waals surface area contributed by atoms with Crippen LogP contribution < -0.4 is 10.6 Å². The molecule has 4 atom stereocenters. The molecule has 1 aromatic carbocycles. The number of hydrogen-bond donors (Lipinski definition) is 5.